The van der Waals surface area contributed by atoms with Crippen molar-refractivity contribution in [3.05, 3.63) is 0 Å². The van der Waals surface area contributed by atoms with Gasteiger partial charge in [-0.1, -0.05) is 0 Å². The molecule has 0 aromatic carbocycles. The highest BCUT2D eigenvalue weighted by Gasteiger charge is 2.44. The fourth-order valence-corrected chi connectivity index (χ4v) is 1.56. The zero-order valence-corrected chi connectivity index (χ0v) is 10.1. The maximum absolute atomic E-state index is 10.5. The van der Waals surface area contributed by atoms with Crippen molar-refractivity contribution < 1.29 is 39.4 Å². The number of hydrogen-bond donors (Lipinski definition) is 4. The molecule has 0 amide bonds. The van der Waals surface area contributed by atoms with Gasteiger partial charge in [0, 0.05) is 7.11 Å². The molecule has 1 aliphatic heterocycles. The van der Waals surface area contributed by atoms with E-state index in [4.69, 9.17) is 19.3 Å². The fourth-order valence-electron chi connectivity index (χ4n) is 1.56. The molecule has 8 heteroatoms. The average Bonchev–Trinajstić information content (AvgIpc) is 2.34. The van der Waals surface area contributed by atoms with Gasteiger partial charge in [-0.3, -0.25) is 0 Å². The number of hydrogen-bond acceptors (Lipinski definition) is 7. The Hall–Kier alpha value is -0.770. The van der Waals surface area contributed by atoms with Gasteiger partial charge in [0.2, 0.25) is 0 Å². The minimum absolute atomic E-state index is 0.238. The molecule has 8 nitrogen and oxygen atoms in total. The van der Waals surface area contributed by atoms with Gasteiger partial charge in [0.05, 0.1) is 6.61 Å². The van der Waals surface area contributed by atoms with Crippen LogP contribution in [0, 0.1) is 0 Å². The first kappa shape index (κ1) is 15.3. The quantitative estimate of drug-likeness (QED) is 0.447. The Balaban J connectivity index is 2.56. The molecule has 0 aromatic rings. The predicted octanol–water partition coefficient (Wildman–Crippen LogP) is -2.07. The molecule has 1 rings (SSSR count). The summed E-state index contributed by atoms with van der Waals surface area (Å²) in [6.07, 6.45) is -7.35. The molecule has 1 fully saturated rings. The van der Waals surface area contributed by atoms with Gasteiger partial charge in [0.25, 0.3) is 0 Å². The summed E-state index contributed by atoms with van der Waals surface area (Å²) in [6.45, 7) is 1.09. The summed E-state index contributed by atoms with van der Waals surface area (Å²) in [5.74, 6) is -1.15. The molecule has 0 bridgehead atoms. The van der Waals surface area contributed by atoms with Crippen molar-refractivity contribution in [3.8, 4) is 0 Å². The third-order valence-electron chi connectivity index (χ3n) is 2.76. The third-order valence-corrected chi connectivity index (χ3v) is 2.76. The standard InChI is InChI=1S/C10H18O8/c1-4(9(14)15)17-3-5-6(11)7(12)8(13)10(16-2)18-5/h4-8,10-13H,3H2,1-2H3,(H,14,15)/t4-,5+,6-,7-,8+,10-/m0/s1. The van der Waals surface area contributed by atoms with E-state index >= 15 is 0 Å². The summed E-state index contributed by atoms with van der Waals surface area (Å²) in [4.78, 5) is 10.5. The molecule has 1 saturated heterocycles. The van der Waals surface area contributed by atoms with Crippen LogP contribution in [0.3, 0.4) is 0 Å². The van der Waals surface area contributed by atoms with Crippen molar-refractivity contribution in [2.45, 2.75) is 43.7 Å². The number of aliphatic hydroxyl groups excluding tert-OH is 3. The Morgan fingerprint density at radius 3 is 2.39 bits per heavy atom. The molecule has 106 valence electrons. The first-order chi connectivity index (χ1) is 8.38. The van der Waals surface area contributed by atoms with Crippen LogP contribution < -0.4 is 0 Å². The van der Waals surface area contributed by atoms with E-state index in [1.54, 1.807) is 0 Å². The summed E-state index contributed by atoms with van der Waals surface area (Å²) >= 11 is 0. The first-order valence-corrected chi connectivity index (χ1v) is 5.45. The van der Waals surface area contributed by atoms with E-state index in [9.17, 15) is 20.1 Å². The minimum atomic E-state index is -1.45. The Morgan fingerprint density at radius 2 is 1.89 bits per heavy atom. The van der Waals surface area contributed by atoms with Gasteiger partial charge in [0.1, 0.15) is 24.4 Å². The molecular weight excluding hydrogens is 248 g/mol. The highest BCUT2D eigenvalue weighted by molar-refractivity contribution is 5.71. The number of aliphatic hydroxyl groups is 3. The maximum Gasteiger partial charge on any atom is 0.332 e. The highest BCUT2D eigenvalue weighted by atomic mass is 16.7. The molecule has 6 atom stereocenters. The van der Waals surface area contributed by atoms with Crippen LogP contribution >= 0.6 is 0 Å². The summed E-state index contributed by atoms with van der Waals surface area (Å²) in [7, 11) is 1.27. The predicted molar refractivity (Wildman–Crippen MR) is 56.7 cm³/mol. The summed E-state index contributed by atoms with van der Waals surface area (Å²) in [5, 5.41) is 37.3. The van der Waals surface area contributed by atoms with E-state index in [1.165, 1.54) is 14.0 Å². The smallest absolute Gasteiger partial charge is 0.332 e. The second-order valence-corrected chi connectivity index (χ2v) is 4.06. The molecule has 0 radical (unpaired) electrons. The number of carboxylic acids is 1. The highest BCUT2D eigenvalue weighted by Crippen LogP contribution is 2.22. The van der Waals surface area contributed by atoms with Crippen molar-refractivity contribution in [1.29, 1.82) is 0 Å². The molecular formula is C10H18O8. The van der Waals surface area contributed by atoms with Crippen LogP contribution in [0.1, 0.15) is 6.92 Å². The van der Waals surface area contributed by atoms with Gasteiger partial charge >= 0.3 is 5.97 Å². The van der Waals surface area contributed by atoms with E-state index in [0.717, 1.165) is 0 Å². The Bertz CT molecular complexity index is 281. The van der Waals surface area contributed by atoms with Crippen molar-refractivity contribution in [1.82, 2.24) is 0 Å². The van der Waals surface area contributed by atoms with Crippen LogP contribution in [0.5, 0.6) is 0 Å². The molecule has 4 N–H and O–H groups in total. The van der Waals surface area contributed by atoms with Crippen LogP contribution in [-0.4, -0.2) is 76.9 Å². The number of ether oxygens (including phenoxy) is 3. The topological polar surface area (TPSA) is 126 Å². The zero-order chi connectivity index (χ0) is 13.9. The monoisotopic (exact) mass is 266 g/mol. The van der Waals surface area contributed by atoms with E-state index in [2.05, 4.69) is 0 Å². The molecule has 1 heterocycles. The van der Waals surface area contributed by atoms with Crippen LogP contribution in [0.15, 0.2) is 0 Å². The molecule has 0 unspecified atom stereocenters. The van der Waals surface area contributed by atoms with Gasteiger partial charge in [-0.25, -0.2) is 4.79 Å². The van der Waals surface area contributed by atoms with Crippen LogP contribution in [0.2, 0.25) is 0 Å². The van der Waals surface area contributed by atoms with E-state index in [-0.39, 0.29) is 6.61 Å². The first-order valence-electron chi connectivity index (χ1n) is 5.45. The Morgan fingerprint density at radius 1 is 1.28 bits per heavy atom. The van der Waals surface area contributed by atoms with Crippen molar-refractivity contribution in [3.63, 3.8) is 0 Å². The van der Waals surface area contributed by atoms with Crippen molar-refractivity contribution in [2.75, 3.05) is 13.7 Å². The number of carboxylic acid groups (broad SMARTS) is 1. The minimum Gasteiger partial charge on any atom is -0.479 e. The van der Waals surface area contributed by atoms with Gasteiger partial charge < -0.3 is 34.6 Å². The fraction of sp³-hybridized carbons (Fsp3) is 0.900. The van der Waals surface area contributed by atoms with Gasteiger partial charge in [-0.15, -0.1) is 0 Å². The van der Waals surface area contributed by atoms with Gasteiger partial charge in [-0.05, 0) is 6.92 Å². The van der Waals surface area contributed by atoms with Crippen molar-refractivity contribution in [2.24, 2.45) is 0 Å². The lowest BCUT2D eigenvalue weighted by Gasteiger charge is -2.39. The van der Waals surface area contributed by atoms with Crippen LogP contribution in [0.25, 0.3) is 0 Å². The Kier molecular flexibility index (Phi) is 5.45. The molecule has 0 saturated carbocycles. The SMILES string of the molecule is CO[C@H]1O[C@H](CO[C@@H](C)C(=O)O)[C@H](O)[C@H](O)[C@H]1O. The summed E-state index contributed by atoms with van der Waals surface area (Å²) in [5.41, 5.74) is 0. The second kappa shape index (κ2) is 6.41. The van der Waals surface area contributed by atoms with Crippen LogP contribution in [0.4, 0.5) is 0 Å². The Labute approximate surface area is 104 Å². The van der Waals surface area contributed by atoms with Gasteiger partial charge in [0.15, 0.2) is 12.4 Å². The lowest BCUT2D eigenvalue weighted by molar-refractivity contribution is -0.297. The van der Waals surface area contributed by atoms with Gasteiger partial charge in [-0.2, -0.15) is 0 Å². The zero-order valence-electron chi connectivity index (χ0n) is 10.1. The number of carbonyl (C=O) groups is 1. The van der Waals surface area contributed by atoms with E-state index in [0.29, 0.717) is 0 Å². The largest absolute Gasteiger partial charge is 0.479 e. The lowest BCUT2D eigenvalue weighted by atomic mass is 9.99. The molecule has 18 heavy (non-hydrogen) atoms. The molecule has 0 aliphatic carbocycles. The average molecular weight is 266 g/mol. The molecule has 0 spiro atoms. The summed E-state index contributed by atoms with van der Waals surface area (Å²) in [6, 6.07) is 0. The normalized spacial score (nSPS) is 38.4. The summed E-state index contributed by atoms with van der Waals surface area (Å²) < 4.78 is 14.9. The third kappa shape index (κ3) is 3.37. The lowest BCUT2D eigenvalue weighted by Crippen LogP contribution is -2.59. The number of methoxy groups -OCH3 is 1. The van der Waals surface area contributed by atoms with Crippen LogP contribution in [-0.2, 0) is 19.0 Å². The van der Waals surface area contributed by atoms with E-state index in [1.807, 2.05) is 0 Å². The van der Waals surface area contributed by atoms with Crippen molar-refractivity contribution >= 4 is 5.97 Å². The van der Waals surface area contributed by atoms with E-state index < -0.39 is 42.8 Å². The maximum atomic E-state index is 10.5. The second-order valence-electron chi connectivity index (χ2n) is 4.06. The number of rotatable bonds is 5. The molecule has 1 aliphatic rings. The molecule has 0 aromatic heterocycles. The number of aliphatic carboxylic acids is 1.